The van der Waals surface area contributed by atoms with Gasteiger partial charge in [-0.25, -0.2) is 0 Å². The fraction of sp³-hybridized carbons (Fsp3) is 0.417. The van der Waals surface area contributed by atoms with Crippen molar-refractivity contribution in [3.63, 3.8) is 0 Å². The van der Waals surface area contributed by atoms with Crippen molar-refractivity contribution in [1.29, 1.82) is 0 Å². The quantitative estimate of drug-likeness (QED) is 0.708. The standard InChI is InChI=1S/C24H31N3O4/c1-16-11-17(2)13-19(12-16)25-23(28)15-27-9-7-18(8-10-27)24(29)26-21-14-20(30-3)5-6-22(21)31-4/h5-6,11-14,18H,7-10,15H2,1-4H3,(H,25,28)(H,26,29). The van der Waals surface area contributed by atoms with Crippen molar-refractivity contribution in [3.05, 3.63) is 47.5 Å². The van der Waals surface area contributed by atoms with Gasteiger partial charge < -0.3 is 20.1 Å². The molecule has 2 aromatic carbocycles. The summed E-state index contributed by atoms with van der Waals surface area (Å²) < 4.78 is 10.6. The largest absolute Gasteiger partial charge is 0.497 e. The lowest BCUT2D eigenvalue weighted by Crippen LogP contribution is -2.41. The molecule has 0 aliphatic carbocycles. The van der Waals surface area contributed by atoms with Gasteiger partial charge in [-0.1, -0.05) is 6.07 Å². The Balaban J connectivity index is 1.50. The van der Waals surface area contributed by atoms with Crippen molar-refractivity contribution in [2.24, 2.45) is 5.92 Å². The molecular formula is C24H31N3O4. The number of methoxy groups -OCH3 is 2. The van der Waals surface area contributed by atoms with Crippen molar-refractivity contribution < 1.29 is 19.1 Å². The molecule has 0 atom stereocenters. The summed E-state index contributed by atoms with van der Waals surface area (Å²) in [6.45, 7) is 5.76. The Labute approximate surface area is 183 Å². The number of carbonyl (C=O) groups excluding carboxylic acids is 2. The highest BCUT2D eigenvalue weighted by Gasteiger charge is 2.26. The lowest BCUT2D eigenvalue weighted by molar-refractivity contribution is -0.121. The van der Waals surface area contributed by atoms with Gasteiger partial charge in [0.2, 0.25) is 11.8 Å². The van der Waals surface area contributed by atoms with Crippen LogP contribution in [-0.2, 0) is 9.59 Å². The topological polar surface area (TPSA) is 79.9 Å². The van der Waals surface area contributed by atoms with Crippen LogP contribution in [0, 0.1) is 19.8 Å². The molecule has 2 amide bonds. The summed E-state index contributed by atoms with van der Waals surface area (Å²) in [5.74, 6) is 1.07. The lowest BCUT2D eigenvalue weighted by atomic mass is 9.95. The minimum atomic E-state index is -0.102. The average molecular weight is 426 g/mol. The molecule has 0 radical (unpaired) electrons. The van der Waals surface area contributed by atoms with Gasteiger partial charge in [0.25, 0.3) is 0 Å². The number of carbonyl (C=O) groups is 2. The van der Waals surface area contributed by atoms with E-state index in [4.69, 9.17) is 9.47 Å². The summed E-state index contributed by atoms with van der Waals surface area (Å²) in [7, 11) is 3.15. The van der Waals surface area contributed by atoms with Crippen LogP contribution >= 0.6 is 0 Å². The molecule has 0 aromatic heterocycles. The monoisotopic (exact) mass is 425 g/mol. The van der Waals surface area contributed by atoms with Gasteiger partial charge in [0.15, 0.2) is 0 Å². The van der Waals surface area contributed by atoms with Crippen molar-refractivity contribution >= 4 is 23.2 Å². The third kappa shape index (κ3) is 6.21. The molecule has 0 unspecified atom stereocenters. The van der Waals surface area contributed by atoms with Gasteiger partial charge in [-0.15, -0.1) is 0 Å². The summed E-state index contributed by atoms with van der Waals surface area (Å²) in [5, 5.41) is 5.94. The fourth-order valence-corrected chi connectivity index (χ4v) is 3.95. The molecule has 7 nitrogen and oxygen atoms in total. The van der Waals surface area contributed by atoms with Crippen LogP contribution in [0.2, 0.25) is 0 Å². The zero-order valence-corrected chi connectivity index (χ0v) is 18.7. The molecule has 1 aliphatic rings. The first-order chi connectivity index (χ1) is 14.9. The number of aryl methyl sites for hydroxylation is 2. The van der Waals surface area contributed by atoms with Gasteiger partial charge in [-0.05, 0) is 75.2 Å². The Bertz CT molecular complexity index is 916. The number of anilines is 2. The molecule has 0 bridgehead atoms. The number of benzene rings is 2. The number of ether oxygens (including phenoxy) is 2. The number of rotatable bonds is 7. The molecule has 31 heavy (non-hydrogen) atoms. The normalized spacial score (nSPS) is 14.7. The smallest absolute Gasteiger partial charge is 0.238 e. The third-order valence-electron chi connectivity index (χ3n) is 5.50. The lowest BCUT2D eigenvalue weighted by Gasteiger charge is -2.30. The summed E-state index contributed by atoms with van der Waals surface area (Å²) in [4.78, 5) is 27.3. The summed E-state index contributed by atoms with van der Waals surface area (Å²) >= 11 is 0. The zero-order chi connectivity index (χ0) is 22.4. The van der Waals surface area contributed by atoms with Gasteiger partial charge in [0.05, 0.1) is 26.5 Å². The van der Waals surface area contributed by atoms with E-state index in [1.54, 1.807) is 32.4 Å². The zero-order valence-electron chi connectivity index (χ0n) is 18.7. The van der Waals surface area contributed by atoms with Crippen molar-refractivity contribution in [3.8, 4) is 11.5 Å². The Morgan fingerprint density at radius 3 is 2.26 bits per heavy atom. The van der Waals surface area contributed by atoms with E-state index < -0.39 is 0 Å². The highest BCUT2D eigenvalue weighted by molar-refractivity contribution is 5.94. The Morgan fingerprint density at radius 1 is 0.968 bits per heavy atom. The Hall–Kier alpha value is -3.06. The molecule has 3 rings (SSSR count). The predicted molar refractivity (Wildman–Crippen MR) is 122 cm³/mol. The second-order valence-corrected chi connectivity index (χ2v) is 8.03. The molecule has 2 N–H and O–H groups in total. The second-order valence-electron chi connectivity index (χ2n) is 8.03. The molecule has 7 heteroatoms. The molecule has 1 heterocycles. The second kappa shape index (κ2) is 10.3. The number of hydrogen-bond donors (Lipinski definition) is 2. The van der Waals surface area contributed by atoms with Crippen LogP contribution in [0.4, 0.5) is 11.4 Å². The van der Waals surface area contributed by atoms with Crippen LogP contribution in [0.3, 0.4) is 0 Å². The maximum absolute atomic E-state index is 12.8. The average Bonchev–Trinajstić information content (AvgIpc) is 2.73. The van der Waals surface area contributed by atoms with E-state index in [0.717, 1.165) is 16.8 Å². The van der Waals surface area contributed by atoms with Gasteiger partial charge in [0.1, 0.15) is 11.5 Å². The van der Waals surface area contributed by atoms with Gasteiger partial charge in [-0.3, -0.25) is 14.5 Å². The van der Waals surface area contributed by atoms with Crippen molar-refractivity contribution in [2.75, 3.05) is 44.5 Å². The van der Waals surface area contributed by atoms with E-state index in [0.29, 0.717) is 49.7 Å². The van der Waals surface area contributed by atoms with Crippen molar-refractivity contribution in [1.82, 2.24) is 4.90 Å². The van der Waals surface area contributed by atoms with Crippen molar-refractivity contribution in [2.45, 2.75) is 26.7 Å². The van der Waals surface area contributed by atoms with E-state index in [1.807, 2.05) is 26.0 Å². The van der Waals surface area contributed by atoms with Crippen LogP contribution in [0.5, 0.6) is 11.5 Å². The maximum atomic E-state index is 12.8. The number of amides is 2. The van der Waals surface area contributed by atoms with E-state index >= 15 is 0 Å². The molecule has 1 saturated heterocycles. The minimum Gasteiger partial charge on any atom is -0.497 e. The molecular weight excluding hydrogens is 394 g/mol. The molecule has 166 valence electrons. The summed E-state index contributed by atoms with van der Waals surface area (Å²) in [6, 6.07) is 11.3. The van der Waals surface area contributed by atoms with Gasteiger partial charge >= 0.3 is 0 Å². The summed E-state index contributed by atoms with van der Waals surface area (Å²) in [6.07, 6.45) is 1.41. The van der Waals surface area contributed by atoms with E-state index in [1.165, 1.54) is 0 Å². The first-order valence-electron chi connectivity index (χ1n) is 10.5. The van der Waals surface area contributed by atoms with E-state index in [9.17, 15) is 9.59 Å². The van der Waals surface area contributed by atoms with Crippen LogP contribution in [-0.4, -0.2) is 50.6 Å². The minimum absolute atomic E-state index is 0.0333. The maximum Gasteiger partial charge on any atom is 0.238 e. The number of piperidine rings is 1. The fourth-order valence-electron chi connectivity index (χ4n) is 3.95. The number of nitrogens with zero attached hydrogens (tertiary/aromatic N) is 1. The predicted octanol–water partition coefficient (Wildman–Crippen LogP) is 3.61. The molecule has 1 aliphatic heterocycles. The van der Waals surface area contributed by atoms with E-state index in [-0.39, 0.29) is 17.7 Å². The van der Waals surface area contributed by atoms with Crippen LogP contribution in [0.15, 0.2) is 36.4 Å². The van der Waals surface area contributed by atoms with Crippen LogP contribution in [0.1, 0.15) is 24.0 Å². The third-order valence-corrected chi connectivity index (χ3v) is 5.50. The summed E-state index contributed by atoms with van der Waals surface area (Å²) in [5.41, 5.74) is 3.66. The Kier molecular flexibility index (Phi) is 7.52. The SMILES string of the molecule is COc1ccc(OC)c(NC(=O)C2CCN(CC(=O)Nc3cc(C)cc(C)c3)CC2)c1. The van der Waals surface area contributed by atoms with Crippen LogP contribution in [0.25, 0.3) is 0 Å². The highest BCUT2D eigenvalue weighted by atomic mass is 16.5. The van der Waals surface area contributed by atoms with Gasteiger partial charge in [-0.2, -0.15) is 0 Å². The number of likely N-dealkylation sites (tertiary alicyclic amines) is 1. The molecule has 2 aromatic rings. The first kappa shape index (κ1) is 22.6. The Morgan fingerprint density at radius 2 is 1.65 bits per heavy atom. The first-order valence-corrected chi connectivity index (χ1v) is 10.5. The molecule has 1 fully saturated rings. The molecule has 0 saturated carbocycles. The highest BCUT2D eigenvalue weighted by Crippen LogP contribution is 2.30. The number of hydrogen-bond acceptors (Lipinski definition) is 5. The number of nitrogens with one attached hydrogen (secondary N) is 2. The van der Waals surface area contributed by atoms with Gasteiger partial charge in [0, 0.05) is 17.7 Å². The molecule has 0 spiro atoms. The van der Waals surface area contributed by atoms with E-state index in [2.05, 4.69) is 21.6 Å². The van der Waals surface area contributed by atoms with Crippen LogP contribution < -0.4 is 20.1 Å².